The zero-order valence-corrected chi connectivity index (χ0v) is 4.99. The van der Waals surface area contributed by atoms with Crippen molar-refractivity contribution in [2.24, 2.45) is 0 Å². The Hall–Kier alpha value is -1.72. The maximum absolute atomic E-state index is 3.82. The molecular formula is C4H4N6. The topological polar surface area (TPSA) is 61.4 Å². The van der Waals surface area contributed by atoms with Crippen LogP contribution in [0, 0.1) is 0 Å². The minimum Gasteiger partial charge on any atom is -0.221 e. The van der Waals surface area contributed by atoms with Gasteiger partial charge < -0.3 is 0 Å². The summed E-state index contributed by atoms with van der Waals surface area (Å²) in [6, 6.07) is 0. The Morgan fingerprint density at radius 1 is 0.800 bits per heavy atom. The fourth-order valence-electron chi connectivity index (χ4n) is 0.616. The van der Waals surface area contributed by atoms with E-state index in [1.807, 2.05) is 0 Å². The summed E-state index contributed by atoms with van der Waals surface area (Å²) < 4.78 is 0. The summed E-state index contributed by atoms with van der Waals surface area (Å²) in [4.78, 5) is 10.4. The van der Waals surface area contributed by atoms with Crippen LogP contribution in [-0.4, -0.2) is 29.7 Å². The van der Waals surface area contributed by atoms with Gasteiger partial charge in [0.05, 0.1) is 0 Å². The third-order valence-electron chi connectivity index (χ3n) is 1.02. The third-order valence-corrected chi connectivity index (χ3v) is 1.02. The second-order valence-electron chi connectivity index (χ2n) is 1.63. The van der Waals surface area contributed by atoms with Gasteiger partial charge in [0.15, 0.2) is 0 Å². The van der Waals surface area contributed by atoms with Crippen LogP contribution in [-0.2, 0) is 0 Å². The molecular weight excluding hydrogens is 132 g/mol. The Labute approximate surface area is 56.1 Å². The Kier molecular flexibility index (Phi) is 0.970. The molecule has 0 N–H and O–H groups in total. The van der Waals surface area contributed by atoms with Crippen molar-refractivity contribution in [3.8, 4) is 0 Å². The summed E-state index contributed by atoms with van der Waals surface area (Å²) in [6.07, 6.45) is 5.94. The lowest BCUT2D eigenvalue weighted by atomic mass is 11.3. The summed E-state index contributed by atoms with van der Waals surface area (Å²) >= 11 is 0. The van der Waals surface area contributed by atoms with Gasteiger partial charge in [-0.1, -0.05) is 0 Å². The SMILES string of the molecule is c1ncn(-n2cncn2)n1. The van der Waals surface area contributed by atoms with Gasteiger partial charge in [-0.15, -0.1) is 19.8 Å². The van der Waals surface area contributed by atoms with Crippen molar-refractivity contribution < 1.29 is 0 Å². The number of hydrogen-bond donors (Lipinski definition) is 0. The smallest absolute Gasteiger partial charge is 0.139 e. The first-order valence-electron chi connectivity index (χ1n) is 2.67. The van der Waals surface area contributed by atoms with E-state index >= 15 is 0 Å². The zero-order chi connectivity index (χ0) is 6.81. The highest BCUT2D eigenvalue weighted by molar-refractivity contribution is 4.60. The van der Waals surface area contributed by atoms with E-state index in [0.29, 0.717) is 0 Å². The van der Waals surface area contributed by atoms with Crippen molar-refractivity contribution in [1.82, 2.24) is 29.7 Å². The largest absolute Gasteiger partial charge is 0.221 e. The maximum Gasteiger partial charge on any atom is 0.139 e. The molecule has 0 saturated heterocycles. The first-order chi connectivity index (χ1) is 4.97. The van der Waals surface area contributed by atoms with E-state index in [9.17, 15) is 0 Å². The molecule has 10 heavy (non-hydrogen) atoms. The molecule has 50 valence electrons. The van der Waals surface area contributed by atoms with Crippen LogP contribution in [0.2, 0.25) is 0 Å². The highest BCUT2D eigenvalue weighted by Gasteiger charge is 1.90. The van der Waals surface area contributed by atoms with E-state index in [0.717, 1.165) is 0 Å². The van der Waals surface area contributed by atoms with Gasteiger partial charge in [0.25, 0.3) is 0 Å². The van der Waals surface area contributed by atoms with Crippen LogP contribution < -0.4 is 0 Å². The van der Waals surface area contributed by atoms with E-state index in [-0.39, 0.29) is 0 Å². The minimum absolute atomic E-state index is 1.43. The summed E-state index contributed by atoms with van der Waals surface area (Å²) in [5.74, 6) is 0. The molecule has 0 unspecified atom stereocenters. The van der Waals surface area contributed by atoms with Crippen molar-refractivity contribution in [2.45, 2.75) is 0 Å². The van der Waals surface area contributed by atoms with Crippen LogP contribution >= 0.6 is 0 Å². The molecule has 0 aliphatic heterocycles. The van der Waals surface area contributed by atoms with Gasteiger partial charge in [0.1, 0.15) is 25.3 Å². The van der Waals surface area contributed by atoms with Crippen molar-refractivity contribution in [3.63, 3.8) is 0 Å². The highest BCUT2D eigenvalue weighted by Crippen LogP contribution is 1.79. The lowest BCUT2D eigenvalue weighted by Crippen LogP contribution is -2.09. The molecule has 0 fully saturated rings. The molecule has 6 heteroatoms. The Bertz CT molecular complexity index is 249. The fourth-order valence-corrected chi connectivity index (χ4v) is 0.616. The van der Waals surface area contributed by atoms with E-state index in [1.54, 1.807) is 0 Å². The summed E-state index contributed by atoms with van der Waals surface area (Å²) in [7, 11) is 0. The number of nitrogens with zero attached hydrogens (tertiary/aromatic N) is 6. The molecule has 2 heterocycles. The predicted octanol–water partition coefficient (Wildman–Crippen LogP) is -0.819. The average molecular weight is 136 g/mol. The van der Waals surface area contributed by atoms with Gasteiger partial charge in [-0.2, -0.15) is 0 Å². The van der Waals surface area contributed by atoms with Gasteiger partial charge in [-0.25, -0.2) is 9.97 Å². The second-order valence-corrected chi connectivity index (χ2v) is 1.63. The molecule has 2 aromatic heterocycles. The van der Waals surface area contributed by atoms with Crippen molar-refractivity contribution in [1.29, 1.82) is 0 Å². The van der Waals surface area contributed by atoms with Gasteiger partial charge in [-0.3, -0.25) is 0 Å². The number of hydrogen-bond acceptors (Lipinski definition) is 4. The highest BCUT2D eigenvalue weighted by atomic mass is 15.7. The lowest BCUT2D eigenvalue weighted by molar-refractivity contribution is 0.505. The molecule has 0 aliphatic carbocycles. The lowest BCUT2D eigenvalue weighted by Gasteiger charge is -1.93. The molecule has 0 bridgehead atoms. The first kappa shape index (κ1) is 5.10. The van der Waals surface area contributed by atoms with Crippen molar-refractivity contribution in [2.75, 3.05) is 0 Å². The molecule has 2 rings (SSSR count). The van der Waals surface area contributed by atoms with E-state index < -0.39 is 0 Å². The summed E-state index contributed by atoms with van der Waals surface area (Å²) in [6.45, 7) is 0. The summed E-state index contributed by atoms with van der Waals surface area (Å²) in [5.41, 5.74) is 0. The maximum atomic E-state index is 3.82. The molecule has 0 radical (unpaired) electrons. The van der Waals surface area contributed by atoms with Crippen LogP contribution in [0.5, 0.6) is 0 Å². The Morgan fingerprint density at radius 2 is 1.30 bits per heavy atom. The number of aromatic nitrogens is 6. The van der Waals surface area contributed by atoms with E-state index in [4.69, 9.17) is 0 Å². The van der Waals surface area contributed by atoms with Gasteiger partial charge >= 0.3 is 0 Å². The molecule has 0 amide bonds. The summed E-state index contributed by atoms with van der Waals surface area (Å²) in [5, 5.41) is 7.65. The minimum atomic E-state index is 1.43. The molecule has 0 aromatic carbocycles. The molecule has 0 saturated carbocycles. The normalized spacial score (nSPS) is 10.0. The van der Waals surface area contributed by atoms with Crippen LogP contribution in [0.3, 0.4) is 0 Å². The number of rotatable bonds is 1. The first-order valence-corrected chi connectivity index (χ1v) is 2.67. The van der Waals surface area contributed by atoms with E-state index in [2.05, 4.69) is 20.2 Å². The van der Waals surface area contributed by atoms with Gasteiger partial charge in [0, 0.05) is 0 Å². The zero-order valence-electron chi connectivity index (χ0n) is 4.99. The predicted molar refractivity (Wildman–Crippen MR) is 30.8 cm³/mol. The molecule has 0 atom stereocenters. The van der Waals surface area contributed by atoms with Crippen LogP contribution in [0.4, 0.5) is 0 Å². The van der Waals surface area contributed by atoms with Gasteiger partial charge in [-0.05, 0) is 0 Å². The standard InChI is InChI=1S/C4H4N6/c1-5-3-9(7-1)10-4-6-2-8-10/h1-4H. The monoisotopic (exact) mass is 136 g/mol. The quantitative estimate of drug-likeness (QED) is 0.514. The van der Waals surface area contributed by atoms with Crippen LogP contribution in [0.25, 0.3) is 0 Å². The van der Waals surface area contributed by atoms with Crippen molar-refractivity contribution in [3.05, 3.63) is 25.3 Å². The Balaban J connectivity index is 2.48. The second kappa shape index (κ2) is 1.90. The fraction of sp³-hybridized carbons (Fsp3) is 0. The van der Waals surface area contributed by atoms with E-state index in [1.165, 1.54) is 34.9 Å². The Morgan fingerprint density at radius 3 is 1.60 bits per heavy atom. The molecule has 6 nitrogen and oxygen atoms in total. The molecule has 2 aromatic rings. The molecule has 0 spiro atoms. The molecule has 0 aliphatic rings. The average Bonchev–Trinajstić information content (AvgIpc) is 2.59. The third kappa shape index (κ3) is 0.661. The van der Waals surface area contributed by atoms with Crippen molar-refractivity contribution >= 4 is 0 Å². The van der Waals surface area contributed by atoms with Gasteiger partial charge in [0.2, 0.25) is 0 Å². The van der Waals surface area contributed by atoms with Crippen LogP contribution in [0.15, 0.2) is 25.3 Å². The van der Waals surface area contributed by atoms with Crippen LogP contribution in [0.1, 0.15) is 0 Å².